The highest BCUT2D eigenvalue weighted by atomic mass is 16.1. The average molecular weight is 283 g/mol. The number of hydrogen-bond acceptors (Lipinski definition) is 3. The molecule has 20 heavy (non-hydrogen) atoms. The van der Waals surface area contributed by atoms with Crippen LogP contribution >= 0.6 is 0 Å². The van der Waals surface area contributed by atoms with Crippen LogP contribution in [-0.2, 0) is 4.79 Å². The van der Waals surface area contributed by atoms with Crippen LogP contribution in [0.4, 0.5) is 0 Å². The molecule has 1 N–H and O–H groups in total. The molecule has 0 bridgehead atoms. The standard InChI is InChI=1S/C16H33N3O/c1-15(2)14-19-12-10-18(11-13-19)9-7-5-4-6-8-17-16(3)20/h15H,4-14H2,1-3H3,(H,17,20). The number of rotatable bonds is 9. The van der Waals surface area contributed by atoms with E-state index in [0.29, 0.717) is 0 Å². The zero-order chi connectivity index (χ0) is 14.8. The van der Waals surface area contributed by atoms with E-state index >= 15 is 0 Å². The van der Waals surface area contributed by atoms with Gasteiger partial charge in [0.05, 0.1) is 0 Å². The Bertz CT molecular complexity index is 260. The third-order valence-electron chi connectivity index (χ3n) is 3.86. The Morgan fingerprint density at radius 1 is 1.00 bits per heavy atom. The Kier molecular flexibility index (Phi) is 8.86. The van der Waals surface area contributed by atoms with Gasteiger partial charge in [0.15, 0.2) is 0 Å². The molecule has 1 fully saturated rings. The Labute approximate surface area is 124 Å². The van der Waals surface area contributed by atoms with Crippen molar-refractivity contribution in [1.29, 1.82) is 0 Å². The fourth-order valence-electron chi connectivity index (χ4n) is 2.79. The third-order valence-corrected chi connectivity index (χ3v) is 3.86. The van der Waals surface area contributed by atoms with E-state index in [-0.39, 0.29) is 5.91 Å². The summed E-state index contributed by atoms with van der Waals surface area (Å²) in [5, 5.41) is 2.85. The summed E-state index contributed by atoms with van der Waals surface area (Å²) in [7, 11) is 0. The highest BCUT2D eigenvalue weighted by molar-refractivity contribution is 5.72. The van der Waals surface area contributed by atoms with Crippen molar-refractivity contribution in [1.82, 2.24) is 15.1 Å². The molecule has 0 aromatic carbocycles. The van der Waals surface area contributed by atoms with E-state index in [9.17, 15) is 4.79 Å². The first-order valence-corrected chi connectivity index (χ1v) is 8.27. The largest absolute Gasteiger partial charge is 0.356 e. The van der Waals surface area contributed by atoms with Crippen molar-refractivity contribution in [3.63, 3.8) is 0 Å². The molecule has 0 unspecified atom stereocenters. The number of amides is 1. The average Bonchev–Trinajstić information content (AvgIpc) is 2.38. The zero-order valence-corrected chi connectivity index (χ0v) is 13.7. The lowest BCUT2D eigenvalue weighted by Gasteiger charge is -2.35. The van der Waals surface area contributed by atoms with Gasteiger partial charge in [0.2, 0.25) is 5.91 Å². The van der Waals surface area contributed by atoms with E-state index in [0.717, 1.165) is 18.9 Å². The minimum Gasteiger partial charge on any atom is -0.356 e. The van der Waals surface area contributed by atoms with E-state index in [1.54, 1.807) is 6.92 Å². The fourth-order valence-corrected chi connectivity index (χ4v) is 2.79. The summed E-state index contributed by atoms with van der Waals surface area (Å²) in [4.78, 5) is 15.9. The lowest BCUT2D eigenvalue weighted by atomic mass is 10.1. The first-order valence-electron chi connectivity index (χ1n) is 8.27. The molecular formula is C16H33N3O. The van der Waals surface area contributed by atoms with Crippen LogP contribution in [0.3, 0.4) is 0 Å². The van der Waals surface area contributed by atoms with Crippen LogP contribution in [0.5, 0.6) is 0 Å². The van der Waals surface area contributed by atoms with Crippen molar-refractivity contribution in [3.8, 4) is 0 Å². The predicted octanol–water partition coefficient (Wildman–Crippen LogP) is 1.96. The molecule has 0 radical (unpaired) electrons. The Morgan fingerprint density at radius 2 is 1.60 bits per heavy atom. The van der Waals surface area contributed by atoms with Gasteiger partial charge in [0.1, 0.15) is 0 Å². The highest BCUT2D eigenvalue weighted by Gasteiger charge is 2.16. The number of nitrogens with zero attached hydrogens (tertiary/aromatic N) is 2. The zero-order valence-electron chi connectivity index (χ0n) is 13.7. The first kappa shape index (κ1) is 17.4. The molecular weight excluding hydrogens is 250 g/mol. The van der Waals surface area contributed by atoms with Gasteiger partial charge in [0.25, 0.3) is 0 Å². The highest BCUT2D eigenvalue weighted by Crippen LogP contribution is 2.07. The van der Waals surface area contributed by atoms with E-state index in [2.05, 4.69) is 29.0 Å². The molecule has 1 rings (SSSR count). The van der Waals surface area contributed by atoms with Crippen LogP contribution in [0.15, 0.2) is 0 Å². The fraction of sp³-hybridized carbons (Fsp3) is 0.938. The smallest absolute Gasteiger partial charge is 0.216 e. The van der Waals surface area contributed by atoms with Crippen molar-refractivity contribution < 1.29 is 4.79 Å². The number of unbranched alkanes of at least 4 members (excludes halogenated alkanes) is 3. The van der Waals surface area contributed by atoms with Gasteiger partial charge < -0.3 is 15.1 Å². The second kappa shape index (κ2) is 10.2. The molecule has 4 heteroatoms. The molecule has 0 aromatic heterocycles. The van der Waals surface area contributed by atoms with Crippen LogP contribution in [0, 0.1) is 5.92 Å². The van der Waals surface area contributed by atoms with E-state index in [4.69, 9.17) is 0 Å². The quantitative estimate of drug-likeness (QED) is 0.657. The number of nitrogens with one attached hydrogen (secondary N) is 1. The summed E-state index contributed by atoms with van der Waals surface area (Å²) in [6.07, 6.45) is 4.92. The number of piperazine rings is 1. The Hall–Kier alpha value is -0.610. The van der Waals surface area contributed by atoms with Crippen LogP contribution in [0.2, 0.25) is 0 Å². The van der Waals surface area contributed by atoms with Gasteiger partial charge in [-0.25, -0.2) is 0 Å². The predicted molar refractivity (Wildman–Crippen MR) is 84.9 cm³/mol. The summed E-state index contributed by atoms with van der Waals surface area (Å²) in [5.74, 6) is 0.870. The molecule has 1 aliphatic heterocycles. The minimum absolute atomic E-state index is 0.0873. The lowest BCUT2D eigenvalue weighted by molar-refractivity contribution is -0.118. The molecule has 0 aromatic rings. The Balaban J connectivity index is 1.92. The molecule has 1 saturated heterocycles. The van der Waals surface area contributed by atoms with E-state index < -0.39 is 0 Å². The van der Waals surface area contributed by atoms with Gasteiger partial charge in [-0.05, 0) is 25.3 Å². The molecule has 1 amide bonds. The van der Waals surface area contributed by atoms with Gasteiger partial charge in [-0.3, -0.25) is 4.79 Å². The summed E-state index contributed by atoms with van der Waals surface area (Å²) >= 11 is 0. The van der Waals surface area contributed by atoms with Crippen LogP contribution in [-0.4, -0.2) is 61.5 Å². The normalized spacial score (nSPS) is 17.6. The minimum atomic E-state index is 0.0873. The van der Waals surface area contributed by atoms with Crippen molar-refractivity contribution in [3.05, 3.63) is 0 Å². The van der Waals surface area contributed by atoms with Crippen molar-refractivity contribution in [2.75, 3.05) is 45.8 Å². The number of hydrogen-bond donors (Lipinski definition) is 1. The van der Waals surface area contributed by atoms with E-state index in [1.807, 2.05) is 0 Å². The van der Waals surface area contributed by atoms with Crippen LogP contribution < -0.4 is 5.32 Å². The molecule has 4 nitrogen and oxygen atoms in total. The second-order valence-corrected chi connectivity index (χ2v) is 6.43. The lowest BCUT2D eigenvalue weighted by Crippen LogP contribution is -2.47. The van der Waals surface area contributed by atoms with Crippen molar-refractivity contribution in [2.24, 2.45) is 5.92 Å². The van der Waals surface area contributed by atoms with Crippen molar-refractivity contribution in [2.45, 2.75) is 46.5 Å². The van der Waals surface area contributed by atoms with Crippen LogP contribution in [0.25, 0.3) is 0 Å². The molecule has 0 spiro atoms. The maximum absolute atomic E-state index is 10.7. The second-order valence-electron chi connectivity index (χ2n) is 6.43. The van der Waals surface area contributed by atoms with Gasteiger partial charge in [-0.1, -0.05) is 26.7 Å². The van der Waals surface area contributed by atoms with E-state index in [1.165, 1.54) is 58.5 Å². The van der Waals surface area contributed by atoms with Gasteiger partial charge >= 0.3 is 0 Å². The topological polar surface area (TPSA) is 35.6 Å². The van der Waals surface area contributed by atoms with Crippen LogP contribution in [0.1, 0.15) is 46.5 Å². The summed E-state index contributed by atoms with van der Waals surface area (Å²) in [5.41, 5.74) is 0. The van der Waals surface area contributed by atoms with Gasteiger partial charge in [-0.15, -0.1) is 0 Å². The molecule has 0 atom stereocenters. The third kappa shape index (κ3) is 8.54. The first-order chi connectivity index (χ1) is 9.58. The van der Waals surface area contributed by atoms with Gasteiger partial charge in [0, 0.05) is 46.2 Å². The molecule has 0 saturated carbocycles. The summed E-state index contributed by atoms with van der Waals surface area (Å²) in [6, 6.07) is 0. The molecule has 118 valence electrons. The molecule has 0 aliphatic carbocycles. The summed E-state index contributed by atoms with van der Waals surface area (Å²) < 4.78 is 0. The maximum atomic E-state index is 10.7. The van der Waals surface area contributed by atoms with Crippen molar-refractivity contribution >= 4 is 5.91 Å². The monoisotopic (exact) mass is 283 g/mol. The molecule has 1 heterocycles. The van der Waals surface area contributed by atoms with Gasteiger partial charge in [-0.2, -0.15) is 0 Å². The SMILES string of the molecule is CC(=O)NCCCCCCN1CCN(CC(C)C)CC1. The number of carbonyl (C=O) groups excluding carboxylic acids is 1. The molecule has 1 aliphatic rings. The Morgan fingerprint density at radius 3 is 2.20 bits per heavy atom. The summed E-state index contributed by atoms with van der Waals surface area (Å²) in [6.45, 7) is 14.5. The maximum Gasteiger partial charge on any atom is 0.216 e. The number of carbonyl (C=O) groups is 1.